The minimum Gasteiger partial charge on any atom is -0.459 e. The zero-order valence-electron chi connectivity index (χ0n) is 14.3. The lowest BCUT2D eigenvalue weighted by Crippen LogP contribution is -2.52. The largest absolute Gasteiger partial charge is 0.459 e. The quantitative estimate of drug-likeness (QED) is 0.800. The van der Waals surface area contributed by atoms with Crippen LogP contribution in [0.25, 0.3) is 0 Å². The molecular weight excluding hydrogens is 294 g/mol. The van der Waals surface area contributed by atoms with Crippen LogP contribution in [0, 0.1) is 0 Å². The molecule has 5 nitrogen and oxygen atoms in total. The number of benzene rings is 1. The van der Waals surface area contributed by atoms with Crippen molar-refractivity contribution in [3.63, 3.8) is 0 Å². The van der Waals surface area contributed by atoms with E-state index < -0.39 is 17.2 Å². The van der Waals surface area contributed by atoms with Gasteiger partial charge in [0.2, 0.25) is 0 Å². The van der Waals surface area contributed by atoms with Gasteiger partial charge in [-0.2, -0.15) is 0 Å². The van der Waals surface area contributed by atoms with E-state index in [2.05, 4.69) is 0 Å². The van der Waals surface area contributed by atoms with Crippen LogP contribution in [0.4, 0.5) is 4.79 Å². The van der Waals surface area contributed by atoms with Gasteiger partial charge in [0.1, 0.15) is 17.7 Å². The van der Waals surface area contributed by atoms with Gasteiger partial charge in [-0.15, -0.1) is 0 Å². The predicted molar refractivity (Wildman–Crippen MR) is 86.8 cm³/mol. The fourth-order valence-electron chi connectivity index (χ4n) is 2.66. The second-order valence-electron chi connectivity index (χ2n) is 7.07. The van der Waals surface area contributed by atoms with Gasteiger partial charge >= 0.3 is 12.1 Å². The van der Waals surface area contributed by atoms with Gasteiger partial charge in [-0.3, -0.25) is 4.90 Å². The Bertz CT molecular complexity index is 564. The summed E-state index contributed by atoms with van der Waals surface area (Å²) in [4.78, 5) is 26.4. The monoisotopic (exact) mass is 319 g/mol. The molecule has 0 spiro atoms. The molecule has 5 heteroatoms. The number of ether oxygens (including phenoxy) is 2. The molecule has 126 valence electrons. The molecule has 1 aliphatic rings. The summed E-state index contributed by atoms with van der Waals surface area (Å²) in [7, 11) is 0. The van der Waals surface area contributed by atoms with Crippen molar-refractivity contribution in [3.05, 3.63) is 35.9 Å². The van der Waals surface area contributed by atoms with E-state index in [0.717, 1.165) is 12.0 Å². The summed E-state index contributed by atoms with van der Waals surface area (Å²) in [5, 5.41) is 0. The third-order valence-electron chi connectivity index (χ3n) is 3.91. The molecule has 1 heterocycles. The van der Waals surface area contributed by atoms with Gasteiger partial charge in [-0.1, -0.05) is 30.3 Å². The summed E-state index contributed by atoms with van der Waals surface area (Å²) in [6.07, 6.45) is 0.880. The average molecular weight is 319 g/mol. The van der Waals surface area contributed by atoms with Gasteiger partial charge in [-0.25, -0.2) is 9.59 Å². The van der Waals surface area contributed by atoms with Crippen LogP contribution in [0.5, 0.6) is 0 Å². The van der Waals surface area contributed by atoms with E-state index in [-0.39, 0.29) is 12.6 Å². The highest BCUT2D eigenvalue weighted by Gasteiger charge is 2.48. The average Bonchev–Trinajstić information content (AvgIpc) is 2.87. The number of likely N-dealkylation sites (tertiary alicyclic amines) is 1. The Morgan fingerprint density at radius 2 is 1.87 bits per heavy atom. The van der Waals surface area contributed by atoms with E-state index in [1.807, 2.05) is 51.1 Å². The topological polar surface area (TPSA) is 55.8 Å². The number of amides is 1. The van der Waals surface area contributed by atoms with Crippen molar-refractivity contribution in [1.29, 1.82) is 0 Å². The molecule has 0 radical (unpaired) electrons. The molecule has 23 heavy (non-hydrogen) atoms. The van der Waals surface area contributed by atoms with Gasteiger partial charge in [0.05, 0.1) is 0 Å². The van der Waals surface area contributed by atoms with Crippen LogP contribution >= 0.6 is 0 Å². The fourth-order valence-corrected chi connectivity index (χ4v) is 2.66. The van der Waals surface area contributed by atoms with Crippen LogP contribution in [0.1, 0.15) is 46.1 Å². The smallest absolute Gasteiger partial charge is 0.411 e. The highest BCUT2D eigenvalue weighted by atomic mass is 16.6. The highest BCUT2D eigenvalue weighted by molar-refractivity contribution is 5.86. The number of hydrogen-bond donors (Lipinski definition) is 0. The zero-order valence-corrected chi connectivity index (χ0v) is 14.3. The minimum absolute atomic E-state index is 0.206. The second-order valence-corrected chi connectivity index (χ2v) is 7.07. The molecule has 1 amide bonds. The Labute approximate surface area is 137 Å². The Morgan fingerprint density at radius 1 is 1.22 bits per heavy atom. The maximum absolute atomic E-state index is 12.5. The van der Waals surface area contributed by atoms with Crippen molar-refractivity contribution in [3.8, 4) is 0 Å². The van der Waals surface area contributed by atoms with Gasteiger partial charge in [0, 0.05) is 6.54 Å². The van der Waals surface area contributed by atoms with Crippen LogP contribution in [0.3, 0.4) is 0 Å². The van der Waals surface area contributed by atoms with E-state index in [4.69, 9.17) is 9.47 Å². The maximum atomic E-state index is 12.5. The van der Waals surface area contributed by atoms with E-state index in [1.165, 1.54) is 4.90 Å². The SMILES string of the molecule is CC(C)(C)OC(=O)N1CCC[C@]1(C)C(=O)OCc1ccccc1. The van der Waals surface area contributed by atoms with Gasteiger partial charge in [0.25, 0.3) is 0 Å². The number of carbonyl (C=O) groups excluding carboxylic acids is 2. The first-order chi connectivity index (χ1) is 10.7. The number of rotatable bonds is 3. The summed E-state index contributed by atoms with van der Waals surface area (Å²) in [5.74, 6) is -0.385. The lowest BCUT2D eigenvalue weighted by atomic mass is 9.99. The van der Waals surface area contributed by atoms with Crippen LogP contribution < -0.4 is 0 Å². The molecule has 1 aromatic carbocycles. The Morgan fingerprint density at radius 3 is 2.48 bits per heavy atom. The summed E-state index contributed by atoms with van der Waals surface area (Å²) in [5.41, 5.74) is -0.627. The lowest BCUT2D eigenvalue weighted by Gasteiger charge is -2.34. The van der Waals surface area contributed by atoms with E-state index in [1.54, 1.807) is 6.92 Å². The van der Waals surface area contributed by atoms with E-state index in [0.29, 0.717) is 13.0 Å². The van der Waals surface area contributed by atoms with Crippen LogP contribution in [0.15, 0.2) is 30.3 Å². The summed E-state index contributed by atoms with van der Waals surface area (Å²) in [6, 6.07) is 9.50. The molecule has 1 aromatic rings. The zero-order chi connectivity index (χ0) is 17.1. The second kappa shape index (κ2) is 6.60. The third-order valence-corrected chi connectivity index (χ3v) is 3.91. The molecule has 0 saturated carbocycles. The van der Waals surface area contributed by atoms with Crippen LogP contribution in [-0.2, 0) is 20.9 Å². The molecule has 1 aliphatic heterocycles. The van der Waals surface area contributed by atoms with Crippen molar-refractivity contribution in [2.24, 2.45) is 0 Å². The summed E-state index contributed by atoms with van der Waals surface area (Å²) in [6.45, 7) is 7.89. The Kier molecular flexibility index (Phi) is 4.97. The molecule has 0 aliphatic carbocycles. The standard InChI is InChI=1S/C18H25NO4/c1-17(2,3)23-16(21)19-12-8-11-18(19,4)15(20)22-13-14-9-6-5-7-10-14/h5-7,9-10H,8,11-13H2,1-4H3/t18-/m1/s1. The van der Waals surface area contributed by atoms with Crippen LogP contribution in [-0.4, -0.2) is 34.6 Å². The molecule has 1 fully saturated rings. The normalized spacial score (nSPS) is 21.1. The van der Waals surface area contributed by atoms with E-state index >= 15 is 0 Å². The Hall–Kier alpha value is -2.04. The number of carbonyl (C=O) groups is 2. The molecule has 0 N–H and O–H groups in total. The molecule has 0 unspecified atom stereocenters. The first-order valence-corrected chi connectivity index (χ1v) is 7.94. The minimum atomic E-state index is -0.961. The summed E-state index contributed by atoms with van der Waals surface area (Å²) < 4.78 is 10.8. The molecule has 0 aromatic heterocycles. The number of hydrogen-bond acceptors (Lipinski definition) is 4. The molecule has 1 saturated heterocycles. The first kappa shape index (κ1) is 17.3. The van der Waals surface area contributed by atoms with Gasteiger partial charge in [0.15, 0.2) is 0 Å². The highest BCUT2D eigenvalue weighted by Crippen LogP contribution is 2.32. The van der Waals surface area contributed by atoms with Crippen molar-refractivity contribution < 1.29 is 19.1 Å². The molecule has 2 rings (SSSR count). The predicted octanol–water partition coefficient (Wildman–Crippen LogP) is 3.52. The van der Waals surface area contributed by atoms with E-state index in [9.17, 15) is 9.59 Å². The summed E-state index contributed by atoms with van der Waals surface area (Å²) >= 11 is 0. The fraction of sp³-hybridized carbons (Fsp3) is 0.556. The molecule has 1 atom stereocenters. The van der Waals surface area contributed by atoms with Gasteiger partial charge in [-0.05, 0) is 46.1 Å². The van der Waals surface area contributed by atoms with Crippen LogP contribution in [0.2, 0.25) is 0 Å². The number of nitrogens with zero attached hydrogens (tertiary/aromatic N) is 1. The lowest BCUT2D eigenvalue weighted by molar-refractivity contribution is -0.156. The molecule has 0 bridgehead atoms. The van der Waals surface area contributed by atoms with Crippen molar-refractivity contribution in [2.45, 2.75) is 58.3 Å². The van der Waals surface area contributed by atoms with Gasteiger partial charge < -0.3 is 9.47 Å². The number of esters is 1. The maximum Gasteiger partial charge on any atom is 0.411 e. The third kappa shape index (κ3) is 4.24. The van der Waals surface area contributed by atoms with Crippen molar-refractivity contribution in [1.82, 2.24) is 4.90 Å². The molecular formula is C18H25NO4. The first-order valence-electron chi connectivity index (χ1n) is 7.94. The Balaban J connectivity index is 2.03. The van der Waals surface area contributed by atoms with Crippen molar-refractivity contribution in [2.75, 3.05) is 6.54 Å². The van der Waals surface area contributed by atoms with Crippen molar-refractivity contribution >= 4 is 12.1 Å².